The van der Waals surface area contributed by atoms with E-state index in [1.807, 2.05) is 0 Å². The van der Waals surface area contributed by atoms with Crippen LogP contribution in [0.25, 0.3) is 10.8 Å². The molecular weight excluding hydrogens is 294 g/mol. The number of anilines is 3. The fourth-order valence-electron chi connectivity index (χ4n) is 4.25. The highest BCUT2D eigenvalue weighted by molar-refractivity contribution is 5.98. The number of hydrogen-bond donors (Lipinski definition) is 1. The summed E-state index contributed by atoms with van der Waals surface area (Å²) in [4.78, 5) is 2.58. The van der Waals surface area contributed by atoms with Crippen LogP contribution in [0.2, 0.25) is 0 Å². The Balaban J connectivity index is 1.56. The Hall–Kier alpha value is -2.29. The minimum Gasteiger partial charge on any atom is -0.364 e. The summed E-state index contributed by atoms with van der Waals surface area (Å²) in [5.41, 5.74) is 4.09. The molecule has 0 aromatic heterocycles. The Morgan fingerprint density at radius 3 is 2.42 bits per heavy atom. The van der Waals surface area contributed by atoms with Gasteiger partial charge in [0, 0.05) is 37.0 Å². The first kappa shape index (κ1) is 14.1. The molecule has 0 amide bonds. The molecule has 122 valence electrons. The number of hydrogen-bond acceptors (Lipinski definition) is 2. The first-order valence-electron chi connectivity index (χ1n) is 9.28. The molecule has 3 heteroatoms. The summed E-state index contributed by atoms with van der Waals surface area (Å²) in [6, 6.07) is 15.2. The van der Waals surface area contributed by atoms with E-state index in [2.05, 4.69) is 57.3 Å². The summed E-state index contributed by atoms with van der Waals surface area (Å²) in [5.74, 6) is 0. The lowest BCUT2D eigenvalue weighted by atomic mass is 10.1. The van der Waals surface area contributed by atoms with Gasteiger partial charge in [-0.15, -0.1) is 0 Å². The molecule has 0 bridgehead atoms. The van der Waals surface area contributed by atoms with Gasteiger partial charge in [-0.2, -0.15) is 0 Å². The van der Waals surface area contributed by atoms with Crippen molar-refractivity contribution in [1.29, 1.82) is 0 Å². The van der Waals surface area contributed by atoms with E-state index in [0.29, 0.717) is 0 Å². The lowest BCUT2D eigenvalue weighted by Gasteiger charge is -2.10. The predicted octanol–water partition coefficient (Wildman–Crippen LogP) is 3.63. The van der Waals surface area contributed by atoms with Crippen LogP contribution >= 0.6 is 0 Å². The maximum Gasteiger partial charge on any atom is 0.252 e. The second-order valence-electron chi connectivity index (χ2n) is 7.11. The number of nitrogens with zero attached hydrogens (tertiary/aromatic N) is 2. The van der Waals surface area contributed by atoms with Crippen LogP contribution in [0, 0.1) is 0 Å². The van der Waals surface area contributed by atoms with E-state index in [1.165, 1.54) is 85.1 Å². The average molecular weight is 318 g/mol. The topological polar surface area (TPSA) is 18.3 Å². The highest BCUT2D eigenvalue weighted by Gasteiger charge is 2.36. The van der Waals surface area contributed by atoms with Gasteiger partial charge in [-0.1, -0.05) is 36.4 Å². The third kappa shape index (κ3) is 2.31. The average Bonchev–Trinajstić information content (AvgIpc) is 3.08. The van der Waals surface area contributed by atoms with Crippen LogP contribution in [0.15, 0.2) is 42.5 Å². The van der Waals surface area contributed by atoms with Crippen molar-refractivity contribution in [1.82, 2.24) is 4.58 Å². The number of nitrogens with one attached hydrogen (secondary N) is 1. The molecule has 1 N–H and O–H groups in total. The first-order valence-corrected chi connectivity index (χ1v) is 9.28. The van der Waals surface area contributed by atoms with Crippen LogP contribution in [-0.4, -0.2) is 26.2 Å². The second kappa shape index (κ2) is 5.66. The minimum atomic E-state index is 1.22. The molecule has 0 unspecified atom stereocenters. The van der Waals surface area contributed by atoms with Crippen molar-refractivity contribution in [2.45, 2.75) is 25.7 Å². The molecule has 2 heterocycles. The molecule has 5 rings (SSSR count). The lowest BCUT2D eigenvalue weighted by Crippen LogP contribution is -2.24. The van der Waals surface area contributed by atoms with Gasteiger partial charge in [-0.05, 0) is 24.3 Å². The Kier molecular flexibility index (Phi) is 3.32. The van der Waals surface area contributed by atoms with Crippen molar-refractivity contribution in [3.8, 4) is 0 Å². The second-order valence-corrected chi connectivity index (χ2v) is 7.11. The van der Waals surface area contributed by atoms with E-state index < -0.39 is 0 Å². The highest BCUT2D eigenvalue weighted by Crippen LogP contribution is 2.36. The summed E-state index contributed by atoms with van der Waals surface area (Å²) >= 11 is 0. The summed E-state index contributed by atoms with van der Waals surface area (Å²) in [5, 5.41) is 7.87. The van der Waals surface area contributed by atoms with Crippen LogP contribution in [0.5, 0.6) is 0 Å². The van der Waals surface area contributed by atoms with Crippen LogP contribution in [0.3, 0.4) is 0 Å². The van der Waals surface area contributed by atoms with E-state index >= 15 is 0 Å². The third-order valence-corrected chi connectivity index (χ3v) is 5.53. The summed E-state index contributed by atoms with van der Waals surface area (Å²) < 4.78 is 2.58. The van der Waals surface area contributed by atoms with Crippen molar-refractivity contribution < 1.29 is 0 Å². The standard InChI is InChI=1S/C21H23N3/c1-2-10-17-16(8-1)9-7-11-18(17)22-19-20(23-12-3-4-13-23)21(19)24-14-5-6-15-24/h1-2,7-11H,3-6,12-15H2/p+1. The molecule has 0 radical (unpaired) electrons. The molecule has 3 nitrogen and oxygen atoms in total. The molecule has 2 fully saturated rings. The Morgan fingerprint density at radius 2 is 1.58 bits per heavy atom. The summed E-state index contributed by atoms with van der Waals surface area (Å²) in [7, 11) is 0. The summed E-state index contributed by atoms with van der Waals surface area (Å²) in [6.07, 6.45) is 5.33. The monoisotopic (exact) mass is 318 g/mol. The Morgan fingerprint density at radius 1 is 0.833 bits per heavy atom. The highest BCUT2D eigenvalue weighted by atomic mass is 15.2. The van der Waals surface area contributed by atoms with E-state index in [9.17, 15) is 0 Å². The molecule has 3 aromatic carbocycles. The van der Waals surface area contributed by atoms with Gasteiger partial charge in [0.2, 0.25) is 0 Å². The number of fused-ring (bicyclic) bond motifs is 1. The largest absolute Gasteiger partial charge is 0.364 e. The fraction of sp³-hybridized carbons (Fsp3) is 0.381. The normalized spacial score (nSPS) is 18.2. The Labute approximate surface area is 142 Å². The van der Waals surface area contributed by atoms with Crippen molar-refractivity contribution in [2.24, 2.45) is 0 Å². The smallest absolute Gasteiger partial charge is 0.252 e. The molecule has 0 atom stereocenters. The fourth-order valence-corrected chi connectivity index (χ4v) is 4.25. The molecule has 0 aliphatic carbocycles. The van der Waals surface area contributed by atoms with Gasteiger partial charge in [-0.3, -0.25) is 0 Å². The molecule has 2 saturated heterocycles. The van der Waals surface area contributed by atoms with Gasteiger partial charge in [-0.25, -0.2) is 4.58 Å². The van der Waals surface area contributed by atoms with Crippen LogP contribution in [0.4, 0.5) is 17.1 Å². The first-order chi connectivity index (χ1) is 11.9. The number of benzene rings is 2. The molecule has 3 aromatic rings. The van der Waals surface area contributed by atoms with E-state index in [4.69, 9.17) is 0 Å². The van der Waals surface area contributed by atoms with E-state index in [-0.39, 0.29) is 0 Å². The Bertz CT molecular complexity index is 895. The summed E-state index contributed by atoms with van der Waals surface area (Å²) in [6.45, 7) is 4.86. The van der Waals surface area contributed by atoms with Crippen molar-refractivity contribution in [3.63, 3.8) is 0 Å². The van der Waals surface area contributed by atoms with Gasteiger partial charge < -0.3 is 10.2 Å². The molecule has 24 heavy (non-hydrogen) atoms. The van der Waals surface area contributed by atoms with Gasteiger partial charge in [0.15, 0.2) is 0 Å². The molecule has 0 saturated carbocycles. The zero-order chi connectivity index (χ0) is 15.9. The van der Waals surface area contributed by atoms with Crippen LogP contribution < -0.4 is 20.1 Å². The molecule has 2 aliphatic rings. The van der Waals surface area contributed by atoms with Crippen molar-refractivity contribution in [3.05, 3.63) is 47.8 Å². The van der Waals surface area contributed by atoms with Crippen molar-refractivity contribution >= 4 is 27.8 Å². The van der Waals surface area contributed by atoms with Crippen LogP contribution in [0.1, 0.15) is 25.7 Å². The molecular formula is C21H24N3+. The molecule has 0 spiro atoms. The van der Waals surface area contributed by atoms with Crippen LogP contribution in [-0.2, 0) is 0 Å². The third-order valence-electron chi connectivity index (χ3n) is 5.53. The maximum absolute atomic E-state index is 3.77. The lowest BCUT2D eigenvalue weighted by molar-refractivity contribution is 0.706. The van der Waals surface area contributed by atoms with E-state index in [1.54, 1.807) is 0 Å². The maximum atomic E-state index is 3.77. The zero-order valence-electron chi connectivity index (χ0n) is 14.1. The minimum absolute atomic E-state index is 1.22. The quantitative estimate of drug-likeness (QED) is 0.744. The van der Waals surface area contributed by atoms with Crippen molar-refractivity contribution in [2.75, 3.05) is 36.4 Å². The zero-order valence-corrected chi connectivity index (χ0v) is 14.1. The van der Waals surface area contributed by atoms with Gasteiger partial charge >= 0.3 is 0 Å². The SMILES string of the molecule is c1ccc2c(Nc3c(N4CCCC4)c3=[N+]3CCCC3)cccc2c1. The number of rotatable bonds is 3. The van der Waals surface area contributed by atoms with Gasteiger partial charge in [0.05, 0.1) is 0 Å². The van der Waals surface area contributed by atoms with E-state index in [0.717, 1.165) is 0 Å². The van der Waals surface area contributed by atoms with Gasteiger partial charge in [0.25, 0.3) is 5.36 Å². The predicted molar refractivity (Wildman–Crippen MR) is 102 cm³/mol. The van der Waals surface area contributed by atoms with Gasteiger partial charge in [0.1, 0.15) is 24.5 Å². The molecule has 2 aliphatic heterocycles.